The van der Waals surface area contributed by atoms with Crippen LogP contribution in [0.15, 0.2) is 22.8 Å². The molecule has 1 amide bonds. The van der Waals surface area contributed by atoms with Crippen LogP contribution in [0.2, 0.25) is 0 Å². The summed E-state index contributed by atoms with van der Waals surface area (Å²) in [5.74, 6) is -0.571. The maximum atomic E-state index is 13.2. The molecule has 1 saturated heterocycles. The molecule has 0 saturated carbocycles. The Morgan fingerprint density at radius 3 is 2.60 bits per heavy atom. The van der Waals surface area contributed by atoms with E-state index in [-0.39, 0.29) is 31.2 Å². The second-order valence-electron chi connectivity index (χ2n) is 4.11. The fourth-order valence-corrected chi connectivity index (χ4v) is 2.18. The van der Waals surface area contributed by atoms with Crippen molar-refractivity contribution in [3.63, 3.8) is 0 Å². The minimum absolute atomic E-state index is 0. The summed E-state index contributed by atoms with van der Waals surface area (Å²) in [6, 6.07) is 0.765. The summed E-state index contributed by atoms with van der Waals surface area (Å²) in [5, 5.41) is 2.74. The molecule has 1 N–H and O–H groups in total. The van der Waals surface area contributed by atoms with Gasteiger partial charge in [0.1, 0.15) is 0 Å². The normalized spacial score (nSPS) is 17.6. The summed E-state index contributed by atoms with van der Waals surface area (Å²) in [6.07, 6.45) is -3.26. The Kier molecular flexibility index (Phi) is 5.79. The minimum atomic E-state index is -4.55. The molecule has 4 nitrogen and oxygen atoms in total. The van der Waals surface area contributed by atoms with Gasteiger partial charge in [0.25, 0.3) is 0 Å². The van der Waals surface area contributed by atoms with E-state index in [9.17, 15) is 18.0 Å². The number of hydrogen-bond acceptors (Lipinski definition) is 3. The zero-order valence-corrected chi connectivity index (χ0v) is 12.6. The van der Waals surface area contributed by atoms with Gasteiger partial charge in [-0.1, -0.05) is 0 Å². The molecule has 1 unspecified atom stereocenters. The van der Waals surface area contributed by atoms with Crippen molar-refractivity contribution >= 4 is 34.2 Å². The maximum absolute atomic E-state index is 13.2. The fourth-order valence-electron chi connectivity index (χ4n) is 1.95. The van der Waals surface area contributed by atoms with Gasteiger partial charge in [0.2, 0.25) is 5.91 Å². The SMILES string of the molecule is Cl.O=C1CNCCN1C(c1ccc(Br)cn1)C(F)(F)F. The van der Waals surface area contributed by atoms with Crippen LogP contribution in [-0.4, -0.2) is 41.6 Å². The highest BCUT2D eigenvalue weighted by Crippen LogP contribution is 2.37. The number of piperazine rings is 1. The van der Waals surface area contributed by atoms with Gasteiger partial charge in [-0.2, -0.15) is 13.2 Å². The lowest BCUT2D eigenvalue weighted by molar-refractivity contribution is -0.194. The van der Waals surface area contributed by atoms with Crippen LogP contribution in [0.4, 0.5) is 13.2 Å². The second-order valence-corrected chi connectivity index (χ2v) is 5.03. The van der Waals surface area contributed by atoms with Crippen molar-refractivity contribution < 1.29 is 18.0 Å². The third-order valence-corrected chi connectivity index (χ3v) is 3.25. The summed E-state index contributed by atoms with van der Waals surface area (Å²) in [4.78, 5) is 16.2. The molecule has 1 aromatic rings. The highest BCUT2D eigenvalue weighted by atomic mass is 79.9. The summed E-state index contributed by atoms with van der Waals surface area (Å²) in [7, 11) is 0. The van der Waals surface area contributed by atoms with Crippen molar-refractivity contribution in [3.05, 3.63) is 28.5 Å². The van der Waals surface area contributed by atoms with Crippen molar-refractivity contribution in [2.45, 2.75) is 12.2 Å². The van der Waals surface area contributed by atoms with Crippen LogP contribution in [0.1, 0.15) is 11.7 Å². The standard InChI is InChI=1S/C11H11BrF3N3O.ClH/c12-7-1-2-8(17-5-7)10(11(13,14)15)18-4-3-16-6-9(18)19;/h1-2,5,10,16H,3-4,6H2;1H. The summed E-state index contributed by atoms with van der Waals surface area (Å²) >= 11 is 3.12. The Labute approximate surface area is 128 Å². The first-order valence-electron chi connectivity index (χ1n) is 5.58. The largest absolute Gasteiger partial charge is 0.414 e. The molecule has 0 bridgehead atoms. The first kappa shape index (κ1) is 17.2. The van der Waals surface area contributed by atoms with E-state index < -0.39 is 18.1 Å². The van der Waals surface area contributed by atoms with E-state index in [0.717, 1.165) is 4.90 Å². The molecule has 9 heteroatoms. The number of carbonyl (C=O) groups excluding carboxylic acids is 1. The van der Waals surface area contributed by atoms with Crippen molar-refractivity contribution in [3.8, 4) is 0 Å². The number of aromatic nitrogens is 1. The monoisotopic (exact) mass is 373 g/mol. The maximum Gasteiger partial charge on any atom is 0.414 e. The Bertz CT molecular complexity index is 469. The molecule has 0 aromatic carbocycles. The summed E-state index contributed by atoms with van der Waals surface area (Å²) in [6.45, 7) is 0.276. The molecule has 1 fully saturated rings. The van der Waals surface area contributed by atoms with Gasteiger partial charge >= 0.3 is 6.18 Å². The average Bonchev–Trinajstić information content (AvgIpc) is 2.33. The van der Waals surface area contributed by atoms with E-state index in [1.54, 1.807) is 0 Å². The predicted octanol–water partition coefficient (Wildman–Crippen LogP) is 2.30. The number of amides is 1. The van der Waals surface area contributed by atoms with Crippen LogP contribution in [0.5, 0.6) is 0 Å². The third kappa shape index (κ3) is 3.83. The Hall–Kier alpha value is -0.860. The van der Waals surface area contributed by atoms with Gasteiger partial charge in [-0.15, -0.1) is 12.4 Å². The molecular formula is C11H12BrClF3N3O. The molecule has 1 aliphatic rings. The Balaban J connectivity index is 0.00000200. The molecule has 20 heavy (non-hydrogen) atoms. The Morgan fingerprint density at radius 2 is 2.10 bits per heavy atom. The lowest BCUT2D eigenvalue weighted by Crippen LogP contribution is -2.52. The van der Waals surface area contributed by atoms with Crippen molar-refractivity contribution in [2.75, 3.05) is 19.6 Å². The first-order valence-corrected chi connectivity index (χ1v) is 6.37. The molecule has 0 radical (unpaired) electrons. The van der Waals surface area contributed by atoms with E-state index >= 15 is 0 Å². The number of pyridine rings is 1. The molecule has 1 atom stereocenters. The fraction of sp³-hybridized carbons (Fsp3) is 0.455. The van der Waals surface area contributed by atoms with Gasteiger partial charge in [0.05, 0.1) is 12.2 Å². The van der Waals surface area contributed by atoms with Crippen LogP contribution in [0, 0.1) is 0 Å². The number of nitrogens with one attached hydrogen (secondary N) is 1. The molecule has 2 heterocycles. The third-order valence-electron chi connectivity index (χ3n) is 2.78. The van der Waals surface area contributed by atoms with Crippen LogP contribution in [-0.2, 0) is 4.79 Å². The van der Waals surface area contributed by atoms with E-state index in [4.69, 9.17) is 0 Å². The number of hydrogen-bond donors (Lipinski definition) is 1. The molecular weight excluding hydrogens is 362 g/mol. The van der Waals surface area contributed by atoms with Gasteiger partial charge < -0.3 is 10.2 Å². The minimum Gasteiger partial charge on any atom is -0.323 e. The highest BCUT2D eigenvalue weighted by Gasteiger charge is 2.47. The van der Waals surface area contributed by atoms with E-state index in [1.165, 1.54) is 18.3 Å². The highest BCUT2D eigenvalue weighted by molar-refractivity contribution is 9.10. The van der Waals surface area contributed by atoms with Crippen LogP contribution in [0.25, 0.3) is 0 Å². The van der Waals surface area contributed by atoms with Crippen molar-refractivity contribution in [2.24, 2.45) is 0 Å². The molecule has 1 aromatic heterocycles. The zero-order valence-electron chi connectivity index (χ0n) is 10.2. The molecule has 1 aliphatic heterocycles. The molecule has 112 valence electrons. The number of nitrogens with zero attached hydrogens (tertiary/aromatic N) is 2. The second kappa shape index (κ2) is 6.73. The smallest absolute Gasteiger partial charge is 0.323 e. The average molecular weight is 375 g/mol. The van der Waals surface area contributed by atoms with Crippen molar-refractivity contribution in [1.29, 1.82) is 0 Å². The van der Waals surface area contributed by atoms with Gasteiger partial charge in [-0.05, 0) is 28.1 Å². The predicted molar refractivity (Wildman–Crippen MR) is 72.6 cm³/mol. The quantitative estimate of drug-likeness (QED) is 0.864. The Morgan fingerprint density at radius 1 is 1.40 bits per heavy atom. The lowest BCUT2D eigenvalue weighted by atomic mass is 10.1. The molecule has 2 rings (SSSR count). The van der Waals surface area contributed by atoms with Crippen LogP contribution < -0.4 is 5.32 Å². The zero-order chi connectivity index (χ0) is 14.0. The van der Waals surface area contributed by atoms with Gasteiger partial charge in [0.15, 0.2) is 6.04 Å². The van der Waals surface area contributed by atoms with E-state index in [2.05, 4.69) is 26.2 Å². The lowest BCUT2D eigenvalue weighted by Gasteiger charge is -2.35. The van der Waals surface area contributed by atoms with E-state index in [0.29, 0.717) is 11.0 Å². The van der Waals surface area contributed by atoms with E-state index in [1.807, 2.05) is 0 Å². The molecule has 0 aliphatic carbocycles. The van der Waals surface area contributed by atoms with Gasteiger partial charge in [0, 0.05) is 23.8 Å². The number of alkyl halides is 3. The van der Waals surface area contributed by atoms with Crippen molar-refractivity contribution in [1.82, 2.24) is 15.2 Å². The number of halogens is 5. The summed E-state index contributed by atoms with van der Waals surface area (Å²) in [5.41, 5.74) is -0.175. The number of rotatable bonds is 2. The van der Waals surface area contributed by atoms with Gasteiger partial charge in [-0.25, -0.2) is 0 Å². The van der Waals surface area contributed by atoms with Crippen LogP contribution >= 0.6 is 28.3 Å². The molecule has 0 spiro atoms. The summed E-state index contributed by atoms with van der Waals surface area (Å²) < 4.78 is 40.2. The number of carbonyl (C=O) groups is 1. The van der Waals surface area contributed by atoms with Gasteiger partial charge in [-0.3, -0.25) is 9.78 Å². The van der Waals surface area contributed by atoms with Crippen LogP contribution in [0.3, 0.4) is 0 Å². The first-order chi connectivity index (χ1) is 8.89. The topological polar surface area (TPSA) is 45.2 Å².